The van der Waals surface area contributed by atoms with E-state index in [1.807, 2.05) is 30.3 Å². The number of rotatable bonds is 4. The number of hydrogen-bond donors (Lipinski definition) is 0. The van der Waals surface area contributed by atoms with Crippen LogP contribution in [0.3, 0.4) is 0 Å². The summed E-state index contributed by atoms with van der Waals surface area (Å²) in [5, 5.41) is 0. The zero-order chi connectivity index (χ0) is 14.6. The first kappa shape index (κ1) is 14.3. The maximum absolute atomic E-state index is 11.0. The molecule has 0 aliphatic carbocycles. The lowest BCUT2D eigenvalue weighted by atomic mass is 9.87. The van der Waals surface area contributed by atoms with Crippen molar-refractivity contribution in [1.82, 2.24) is 0 Å². The monoisotopic (exact) mass is 268 g/mol. The van der Waals surface area contributed by atoms with Crippen molar-refractivity contribution >= 4 is 6.29 Å². The molecular formula is C18H20O2. The van der Waals surface area contributed by atoms with E-state index in [9.17, 15) is 4.79 Å². The molecule has 0 heterocycles. The molecule has 0 N–H and O–H groups in total. The minimum Gasteiger partial charge on any atom is -0.489 e. The minimum atomic E-state index is 0.0973. The number of carbonyl (C=O) groups is 1. The number of ether oxygens (including phenoxy) is 1. The molecular weight excluding hydrogens is 248 g/mol. The van der Waals surface area contributed by atoms with Crippen LogP contribution in [0.5, 0.6) is 5.75 Å². The largest absolute Gasteiger partial charge is 0.489 e. The van der Waals surface area contributed by atoms with Crippen LogP contribution < -0.4 is 4.74 Å². The average Bonchev–Trinajstić information content (AvgIpc) is 2.45. The summed E-state index contributed by atoms with van der Waals surface area (Å²) >= 11 is 0. The molecule has 0 aliphatic rings. The van der Waals surface area contributed by atoms with Gasteiger partial charge in [-0.2, -0.15) is 0 Å². The van der Waals surface area contributed by atoms with E-state index in [0.717, 1.165) is 17.6 Å². The Bertz CT molecular complexity index is 594. The smallest absolute Gasteiger partial charge is 0.150 e. The molecule has 0 radical (unpaired) electrons. The SMILES string of the molecule is CC(C)(C)c1cccc(OCc2ccccc2C=O)c1. The van der Waals surface area contributed by atoms with Gasteiger partial charge in [-0.3, -0.25) is 4.79 Å². The van der Waals surface area contributed by atoms with Crippen molar-refractivity contribution in [3.63, 3.8) is 0 Å². The van der Waals surface area contributed by atoms with Gasteiger partial charge < -0.3 is 4.74 Å². The Balaban J connectivity index is 2.13. The second kappa shape index (κ2) is 5.91. The van der Waals surface area contributed by atoms with Gasteiger partial charge in [-0.15, -0.1) is 0 Å². The van der Waals surface area contributed by atoms with Crippen molar-refractivity contribution in [1.29, 1.82) is 0 Å². The third-order valence-corrected chi connectivity index (χ3v) is 3.28. The van der Waals surface area contributed by atoms with E-state index in [-0.39, 0.29) is 5.41 Å². The van der Waals surface area contributed by atoms with Crippen molar-refractivity contribution in [2.75, 3.05) is 0 Å². The molecule has 0 fully saturated rings. The van der Waals surface area contributed by atoms with E-state index in [4.69, 9.17) is 4.74 Å². The van der Waals surface area contributed by atoms with Crippen LogP contribution in [-0.2, 0) is 12.0 Å². The highest BCUT2D eigenvalue weighted by Gasteiger charge is 2.14. The minimum absolute atomic E-state index is 0.0973. The van der Waals surface area contributed by atoms with Crippen LogP contribution in [0, 0.1) is 0 Å². The predicted octanol–water partition coefficient (Wildman–Crippen LogP) is 4.38. The molecule has 0 aromatic heterocycles. The molecule has 2 rings (SSSR count). The molecule has 0 unspecified atom stereocenters. The Morgan fingerprint density at radius 2 is 1.80 bits per heavy atom. The molecule has 0 amide bonds. The molecule has 0 aliphatic heterocycles. The van der Waals surface area contributed by atoms with Gasteiger partial charge in [0.1, 0.15) is 18.6 Å². The summed E-state index contributed by atoms with van der Waals surface area (Å²) in [4.78, 5) is 11.0. The van der Waals surface area contributed by atoms with Crippen LogP contribution in [0.25, 0.3) is 0 Å². The number of aldehydes is 1. The Morgan fingerprint density at radius 3 is 2.50 bits per heavy atom. The van der Waals surface area contributed by atoms with Gasteiger partial charge >= 0.3 is 0 Å². The molecule has 0 atom stereocenters. The lowest BCUT2D eigenvalue weighted by Crippen LogP contribution is -2.11. The van der Waals surface area contributed by atoms with Gasteiger partial charge in [-0.25, -0.2) is 0 Å². The molecule has 20 heavy (non-hydrogen) atoms. The fourth-order valence-electron chi connectivity index (χ4n) is 1.99. The van der Waals surface area contributed by atoms with E-state index in [2.05, 4.69) is 32.9 Å². The lowest BCUT2D eigenvalue weighted by molar-refractivity contribution is 0.112. The molecule has 0 bridgehead atoms. The number of hydrogen-bond acceptors (Lipinski definition) is 2. The number of benzene rings is 2. The Kier molecular flexibility index (Phi) is 4.23. The molecule has 104 valence electrons. The highest BCUT2D eigenvalue weighted by atomic mass is 16.5. The Hall–Kier alpha value is -2.09. The van der Waals surface area contributed by atoms with Crippen molar-refractivity contribution in [3.05, 3.63) is 65.2 Å². The Labute approximate surface area is 120 Å². The predicted molar refractivity (Wildman–Crippen MR) is 81.3 cm³/mol. The third-order valence-electron chi connectivity index (χ3n) is 3.28. The van der Waals surface area contributed by atoms with E-state index in [1.54, 1.807) is 6.07 Å². The van der Waals surface area contributed by atoms with Crippen LogP contribution in [0.2, 0.25) is 0 Å². The van der Waals surface area contributed by atoms with Crippen molar-refractivity contribution < 1.29 is 9.53 Å². The zero-order valence-electron chi connectivity index (χ0n) is 12.2. The summed E-state index contributed by atoms with van der Waals surface area (Å²) in [5.41, 5.74) is 2.92. The second-order valence-corrected chi connectivity index (χ2v) is 5.88. The normalized spacial score (nSPS) is 11.2. The first-order valence-electron chi connectivity index (χ1n) is 6.77. The zero-order valence-corrected chi connectivity index (χ0v) is 12.2. The van der Waals surface area contributed by atoms with Crippen molar-refractivity contribution in [3.8, 4) is 5.75 Å². The van der Waals surface area contributed by atoms with Crippen LogP contribution >= 0.6 is 0 Å². The third kappa shape index (κ3) is 3.47. The van der Waals surface area contributed by atoms with Gasteiger partial charge in [0, 0.05) is 5.56 Å². The summed E-state index contributed by atoms with van der Waals surface area (Å²) < 4.78 is 5.81. The van der Waals surface area contributed by atoms with E-state index >= 15 is 0 Å². The van der Waals surface area contributed by atoms with Gasteiger partial charge in [0.25, 0.3) is 0 Å². The fraction of sp³-hybridized carbons (Fsp3) is 0.278. The van der Waals surface area contributed by atoms with Crippen molar-refractivity contribution in [2.24, 2.45) is 0 Å². The van der Waals surface area contributed by atoms with Crippen LogP contribution in [0.1, 0.15) is 42.3 Å². The van der Waals surface area contributed by atoms with Gasteiger partial charge in [0.2, 0.25) is 0 Å². The Morgan fingerprint density at radius 1 is 1.05 bits per heavy atom. The fourth-order valence-corrected chi connectivity index (χ4v) is 1.99. The van der Waals surface area contributed by atoms with Gasteiger partial charge in [-0.05, 0) is 28.7 Å². The average molecular weight is 268 g/mol. The summed E-state index contributed by atoms with van der Waals surface area (Å²) in [5.74, 6) is 0.832. The molecule has 2 aromatic rings. The van der Waals surface area contributed by atoms with E-state index in [0.29, 0.717) is 12.2 Å². The number of carbonyl (C=O) groups excluding carboxylic acids is 1. The maximum Gasteiger partial charge on any atom is 0.150 e. The molecule has 2 heteroatoms. The first-order valence-corrected chi connectivity index (χ1v) is 6.77. The molecule has 0 saturated heterocycles. The lowest BCUT2D eigenvalue weighted by Gasteiger charge is -2.19. The summed E-state index contributed by atoms with van der Waals surface area (Å²) in [7, 11) is 0. The highest BCUT2D eigenvalue weighted by Crippen LogP contribution is 2.26. The van der Waals surface area contributed by atoms with Crippen LogP contribution in [0.4, 0.5) is 0 Å². The van der Waals surface area contributed by atoms with Gasteiger partial charge in [0.15, 0.2) is 0 Å². The quantitative estimate of drug-likeness (QED) is 0.769. The van der Waals surface area contributed by atoms with Gasteiger partial charge in [-0.1, -0.05) is 57.2 Å². The first-order chi connectivity index (χ1) is 9.50. The van der Waals surface area contributed by atoms with Crippen molar-refractivity contribution in [2.45, 2.75) is 32.8 Å². The molecule has 0 saturated carbocycles. The highest BCUT2D eigenvalue weighted by molar-refractivity contribution is 5.77. The summed E-state index contributed by atoms with van der Waals surface area (Å²) in [6.07, 6.45) is 0.865. The molecule has 0 spiro atoms. The summed E-state index contributed by atoms with van der Waals surface area (Å²) in [6, 6.07) is 15.6. The standard InChI is InChI=1S/C18H20O2/c1-18(2,3)16-9-6-10-17(11-16)20-13-15-8-5-4-7-14(15)12-19/h4-12H,13H2,1-3H3. The van der Waals surface area contributed by atoms with E-state index in [1.165, 1.54) is 5.56 Å². The molecule has 2 aromatic carbocycles. The topological polar surface area (TPSA) is 26.3 Å². The van der Waals surface area contributed by atoms with Crippen LogP contribution in [-0.4, -0.2) is 6.29 Å². The van der Waals surface area contributed by atoms with Crippen LogP contribution in [0.15, 0.2) is 48.5 Å². The summed E-state index contributed by atoms with van der Waals surface area (Å²) in [6.45, 7) is 6.93. The van der Waals surface area contributed by atoms with E-state index < -0.39 is 0 Å². The van der Waals surface area contributed by atoms with Gasteiger partial charge in [0.05, 0.1) is 0 Å². The molecule has 2 nitrogen and oxygen atoms in total. The second-order valence-electron chi connectivity index (χ2n) is 5.88. The maximum atomic E-state index is 11.0.